The molecule has 0 radical (unpaired) electrons. The van der Waals surface area contributed by atoms with E-state index in [0.29, 0.717) is 5.92 Å². The summed E-state index contributed by atoms with van der Waals surface area (Å²) in [5, 5.41) is 0. The third-order valence-electron chi connectivity index (χ3n) is 2.57. The highest BCUT2D eigenvalue weighted by Crippen LogP contribution is 2.39. The molecule has 2 aromatic heterocycles. The maximum atomic E-state index is 4.39. The first-order valence-corrected chi connectivity index (χ1v) is 5.78. The van der Waals surface area contributed by atoms with E-state index >= 15 is 0 Å². The van der Waals surface area contributed by atoms with Gasteiger partial charge in [0.1, 0.15) is 12.1 Å². The number of hydrogen-bond donors (Lipinski definition) is 0. The monoisotopic (exact) mass is 263 g/mol. The van der Waals surface area contributed by atoms with E-state index in [9.17, 15) is 0 Å². The van der Waals surface area contributed by atoms with Crippen LogP contribution >= 0.6 is 15.9 Å². The first kappa shape index (κ1) is 9.09. The molecule has 0 aliphatic heterocycles. The zero-order valence-electron chi connectivity index (χ0n) is 8.10. The van der Waals surface area contributed by atoms with Crippen LogP contribution in [-0.2, 0) is 0 Å². The van der Waals surface area contributed by atoms with Gasteiger partial charge in [0.05, 0.1) is 5.69 Å². The van der Waals surface area contributed by atoms with E-state index in [2.05, 4.69) is 32.1 Å². The predicted octanol–water partition coefficient (Wildman–Crippen LogP) is 2.91. The number of hydrogen-bond acceptors (Lipinski definition) is 2. The summed E-state index contributed by atoms with van der Waals surface area (Å²) in [4.78, 5) is 8.69. The number of rotatable bonds is 2. The van der Waals surface area contributed by atoms with Gasteiger partial charge >= 0.3 is 0 Å². The van der Waals surface area contributed by atoms with Crippen molar-refractivity contribution in [3.63, 3.8) is 0 Å². The lowest BCUT2D eigenvalue weighted by atomic mass is 10.3. The van der Waals surface area contributed by atoms with Gasteiger partial charge in [-0.25, -0.2) is 9.97 Å². The van der Waals surface area contributed by atoms with Crippen molar-refractivity contribution in [2.75, 3.05) is 0 Å². The van der Waals surface area contributed by atoms with E-state index in [4.69, 9.17) is 0 Å². The third-order valence-corrected chi connectivity index (χ3v) is 3.06. The normalized spacial score (nSPS) is 15.5. The van der Waals surface area contributed by atoms with Gasteiger partial charge in [-0.15, -0.1) is 0 Å². The Kier molecular flexibility index (Phi) is 2.09. The maximum absolute atomic E-state index is 4.39. The standard InChI is InChI=1S/C11H10BrN3/c12-9-3-4-13-11(5-9)15-6-10(14-7-15)8-1-2-8/h3-8H,1-2H2. The fourth-order valence-corrected chi connectivity index (χ4v) is 1.91. The highest BCUT2D eigenvalue weighted by Gasteiger charge is 2.25. The van der Waals surface area contributed by atoms with Gasteiger partial charge in [-0.3, -0.25) is 4.57 Å². The minimum absolute atomic E-state index is 0.693. The quantitative estimate of drug-likeness (QED) is 0.834. The van der Waals surface area contributed by atoms with E-state index in [1.54, 1.807) is 6.20 Å². The molecule has 0 unspecified atom stereocenters. The van der Waals surface area contributed by atoms with Crippen molar-refractivity contribution in [3.05, 3.63) is 41.0 Å². The summed E-state index contributed by atoms with van der Waals surface area (Å²) in [6.07, 6.45) is 8.26. The Morgan fingerprint density at radius 1 is 1.33 bits per heavy atom. The largest absolute Gasteiger partial charge is 0.290 e. The molecular weight excluding hydrogens is 254 g/mol. The van der Waals surface area contributed by atoms with Crippen LogP contribution in [0.15, 0.2) is 35.3 Å². The fourth-order valence-electron chi connectivity index (χ4n) is 1.59. The smallest absolute Gasteiger partial charge is 0.138 e. The van der Waals surface area contributed by atoms with Crippen molar-refractivity contribution in [1.82, 2.24) is 14.5 Å². The summed E-state index contributed by atoms with van der Waals surface area (Å²) in [7, 11) is 0. The summed E-state index contributed by atoms with van der Waals surface area (Å²) in [5.41, 5.74) is 1.19. The molecule has 0 amide bonds. The van der Waals surface area contributed by atoms with E-state index in [-0.39, 0.29) is 0 Å². The van der Waals surface area contributed by atoms with Crippen LogP contribution in [0.3, 0.4) is 0 Å². The molecule has 2 aromatic rings. The molecule has 76 valence electrons. The van der Waals surface area contributed by atoms with Crippen LogP contribution < -0.4 is 0 Å². The molecule has 3 rings (SSSR count). The predicted molar refractivity (Wildman–Crippen MR) is 61.0 cm³/mol. The van der Waals surface area contributed by atoms with Gasteiger partial charge in [0.25, 0.3) is 0 Å². The highest BCUT2D eigenvalue weighted by molar-refractivity contribution is 9.10. The molecule has 2 heterocycles. The van der Waals surface area contributed by atoms with Crippen LogP contribution in [0.4, 0.5) is 0 Å². The minimum Gasteiger partial charge on any atom is -0.290 e. The third kappa shape index (κ3) is 1.81. The lowest BCUT2D eigenvalue weighted by molar-refractivity contribution is 0.989. The maximum Gasteiger partial charge on any atom is 0.138 e. The molecule has 0 N–H and O–H groups in total. The zero-order valence-corrected chi connectivity index (χ0v) is 9.68. The molecule has 15 heavy (non-hydrogen) atoms. The number of imidazole rings is 1. The van der Waals surface area contributed by atoms with Crippen LogP contribution in [0.2, 0.25) is 0 Å². The molecule has 4 heteroatoms. The van der Waals surface area contributed by atoms with Crippen molar-refractivity contribution in [1.29, 1.82) is 0 Å². The Balaban J connectivity index is 1.97. The second-order valence-electron chi connectivity index (χ2n) is 3.81. The molecule has 1 saturated carbocycles. The van der Waals surface area contributed by atoms with Crippen molar-refractivity contribution in [2.45, 2.75) is 18.8 Å². The Labute approximate surface area is 96.3 Å². The Bertz CT molecular complexity index is 488. The average Bonchev–Trinajstić information content (AvgIpc) is 2.97. The Hall–Kier alpha value is -1.16. The lowest BCUT2D eigenvalue weighted by Crippen LogP contribution is -1.93. The first-order chi connectivity index (χ1) is 7.33. The zero-order chi connectivity index (χ0) is 10.3. The topological polar surface area (TPSA) is 30.7 Å². The molecule has 0 atom stereocenters. The van der Waals surface area contributed by atoms with Gasteiger partial charge in [-0.2, -0.15) is 0 Å². The van der Waals surface area contributed by atoms with E-state index in [1.165, 1.54) is 18.5 Å². The molecule has 1 fully saturated rings. The fraction of sp³-hybridized carbons (Fsp3) is 0.273. The van der Waals surface area contributed by atoms with Crippen molar-refractivity contribution < 1.29 is 0 Å². The van der Waals surface area contributed by atoms with Crippen LogP contribution in [0.5, 0.6) is 0 Å². The first-order valence-electron chi connectivity index (χ1n) is 4.99. The number of pyridine rings is 1. The van der Waals surface area contributed by atoms with Crippen LogP contribution in [-0.4, -0.2) is 14.5 Å². The van der Waals surface area contributed by atoms with Gasteiger partial charge in [0, 0.05) is 22.8 Å². The second kappa shape index (κ2) is 3.45. The molecule has 1 aliphatic carbocycles. The van der Waals surface area contributed by atoms with Crippen molar-refractivity contribution in [3.8, 4) is 5.82 Å². The Morgan fingerprint density at radius 3 is 2.93 bits per heavy atom. The average molecular weight is 264 g/mol. The summed E-state index contributed by atoms with van der Waals surface area (Å²) < 4.78 is 3.01. The van der Waals surface area contributed by atoms with Gasteiger partial charge < -0.3 is 0 Å². The number of nitrogens with zero attached hydrogens (tertiary/aromatic N) is 3. The Morgan fingerprint density at radius 2 is 2.20 bits per heavy atom. The van der Waals surface area contributed by atoms with Crippen LogP contribution in [0.25, 0.3) is 5.82 Å². The van der Waals surface area contributed by atoms with Gasteiger partial charge in [0.2, 0.25) is 0 Å². The van der Waals surface area contributed by atoms with Crippen LogP contribution in [0, 0.1) is 0 Å². The van der Waals surface area contributed by atoms with Gasteiger partial charge in [-0.1, -0.05) is 15.9 Å². The minimum atomic E-state index is 0.693. The molecule has 0 saturated heterocycles. The highest BCUT2D eigenvalue weighted by atomic mass is 79.9. The lowest BCUT2D eigenvalue weighted by Gasteiger charge is -1.99. The molecule has 0 spiro atoms. The molecule has 1 aliphatic rings. The SMILES string of the molecule is Brc1ccnc(-n2cnc(C3CC3)c2)c1. The molecule has 0 bridgehead atoms. The number of halogens is 1. The van der Waals surface area contributed by atoms with Crippen molar-refractivity contribution in [2.24, 2.45) is 0 Å². The van der Waals surface area contributed by atoms with E-state index < -0.39 is 0 Å². The van der Waals surface area contributed by atoms with E-state index in [1.807, 2.05) is 23.0 Å². The van der Waals surface area contributed by atoms with Crippen molar-refractivity contribution >= 4 is 15.9 Å². The summed E-state index contributed by atoms with van der Waals surface area (Å²) in [6.45, 7) is 0. The molecular formula is C11H10BrN3. The van der Waals surface area contributed by atoms with Crippen LogP contribution in [0.1, 0.15) is 24.5 Å². The summed E-state index contributed by atoms with van der Waals surface area (Å²) >= 11 is 3.43. The van der Waals surface area contributed by atoms with E-state index in [0.717, 1.165) is 10.3 Å². The number of aromatic nitrogens is 3. The van der Waals surface area contributed by atoms with Gasteiger partial charge in [0.15, 0.2) is 0 Å². The summed E-state index contributed by atoms with van der Waals surface area (Å²) in [5.74, 6) is 1.60. The molecule has 3 nitrogen and oxygen atoms in total. The van der Waals surface area contributed by atoms with Gasteiger partial charge in [-0.05, 0) is 25.0 Å². The summed E-state index contributed by atoms with van der Waals surface area (Å²) in [6, 6.07) is 3.90. The molecule has 0 aromatic carbocycles. The second-order valence-corrected chi connectivity index (χ2v) is 4.73.